The first-order valence-electron chi connectivity index (χ1n) is 8.03. The minimum Gasteiger partial charge on any atom is -0.497 e. The van der Waals surface area contributed by atoms with Crippen LogP contribution in [0.1, 0.15) is 21.3 Å². The van der Waals surface area contributed by atoms with Gasteiger partial charge in [-0.2, -0.15) is 0 Å². The second-order valence-corrected chi connectivity index (χ2v) is 7.24. The van der Waals surface area contributed by atoms with Crippen LogP contribution in [0.3, 0.4) is 0 Å². The van der Waals surface area contributed by atoms with Crippen molar-refractivity contribution in [1.29, 1.82) is 0 Å². The maximum Gasteiger partial charge on any atom is 0.349 e. The summed E-state index contributed by atoms with van der Waals surface area (Å²) in [4.78, 5) is 25.6. The van der Waals surface area contributed by atoms with Crippen molar-refractivity contribution in [3.63, 3.8) is 0 Å². The Morgan fingerprint density at radius 3 is 2.48 bits per heavy atom. The summed E-state index contributed by atoms with van der Waals surface area (Å²) in [6.45, 7) is 0. The standard InChI is InChI=1S/C20H16ClNO4S/c1-25-15-9-5-8-14(12-15)22-19(23)18(13-6-3-2-4-7-13)26-20(24)16-10-11-17(21)27-16/h2-12,18H,1H3,(H,22,23)/t18-/m0/s1. The van der Waals surface area contributed by atoms with Crippen molar-refractivity contribution >= 4 is 40.5 Å². The molecule has 2 aromatic carbocycles. The van der Waals surface area contributed by atoms with E-state index in [1.165, 1.54) is 0 Å². The van der Waals surface area contributed by atoms with E-state index in [0.717, 1.165) is 11.3 Å². The van der Waals surface area contributed by atoms with Crippen LogP contribution in [0.4, 0.5) is 5.69 Å². The van der Waals surface area contributed by atoms with Gasteiger partial charge in [-0.15, -0.1) is 11.3 Å². The second-order valence-electron chi connectivity index (χ2n) is 5.52. The van der Waals surface area contributed by atoms with Gasteiger partial charge in [0.2, 0.25) is 6.10 Å². The summed E-state index contributed by atoms with van der Waals surface area (Å²) in [7, 11) is 1.54. The van der Waals surface area contributed by atoms with Gasteiger partial charge < -0.3 is 14.8 Å². The molecule has 0 saturated heterocycles. The maximum absolute atomic E-state index is 12.8. The predicted octanol–water partition coefficient (Wildman–Crippen LogP) is 4.95. The Labute approximate surface area is 165 Å². The van der Waals surface area contributed by atoms with Crippen LogP contribution in [0.15, 0.2) is 66.7 Å². The number of hydrogen-bond donors (Lipinski definition) is 1. The molecule has 1 amide bonds. The summed E-state index contributed by atoms with van der Waals surface area (Å²) in [6.07, 6.45) is -1.11. The third-order valence-electron chi connectivity index (χ3n) is 3.68. The minimum atomic E-state index is -1.11. The molecule has 3 aromatic rings. The van der Waals surface area contributed by atoms with Gasteiger partial charge in [0.15, 0.2) is 0 Å². The molecular formula is C20H16ClNO4S. The fraction of sp³-hybridized carbons (Fsp3) is 0.100. The van der Waals surface area contributed by atoms with Crippen molar-refractivity contribution in [3.05, 3.63) is 81.5 Å². The van der Waals surface area contributed by atoms with E-state index in [0.29, 0.717) is 26.2 Å². The summed E-state index contributed by atoms with van der Waals surface area (Å²) in [6, 6.07) is 18.9. The normalized spacial score (nSPS) is 11.5. The molecule has 1 atom stereocenters. The molecule has 27 heavy (non-hydrogen) atoms. The first kappa shape index (κ1) is 18.9. The van der Waals surface area contributed by atoms with Crippen LogP contribution in [-0.4, -0.2) is 19.0 Å². The van der Waals surface area contributed by atoms with Crippen LogP contribution >= 0.6 is 22.9 Å². The molecule has 1 aromatic heterocycles. The van der Waals surface area contributed by atoms with Gasteiger partial charge in [-0.3, -0.25) is 4.79 Å². The molecule has 1 heterocycles. The third kappa shape index (κ3) is 4.87. The number of rotatable bonds is 6. The lowest BCUT2D eigenvalue weighted by molar-refractivity contribution is -0.125. The SMILES string of the molecule is COc1cccc(NC(=O)[C@@H](OC(=O)c2ccc(Cl)s2)c2ccccc2)c1. The van der Waals surface area contributed by atoms with Gasteiger partial charge in [-0.1, -0.05) is 48.0 Å². The summed E-state index contributed by atoms with van der Waals surface area (Å²) >= 11 is 6.97. The van der Waals surface area contributed by atoms with Crippen LogP contribution < -0.4 is 10.1 Å². The quantitative estimate of drug-likeness (QED) is 0.594. The molecule has 0 unspecified atom stereocenters. The van der Waals surface area contributed by atoms with Crippen molar-refractivity contribution < 1.29 is 19.1 Å². The molecule has 0 fully saturated rings. The summed E-state index contributed by atoms with van der Waals surface area (Å²) in [5, 5.41) is 2.76. The minimum absolute atomic E-state index is 0.329. The molecule has 1 N–H and O–H groups in total. The zero-order chi connectivity index (χ0) is 19.2. The van der Waals surface area contributed by atoms with E-state index in [2.05, 4.69) is 5.32 Å². The van der Waals surface area contributed by atoms with Gasteiger partial charge in [-0.05, 0) is 24.3 Å². The van der Waals surface area contributed by atoms with Crippen LogP contribution in [0.25, 0.3) is 0 Å². The molecule has 7 heteroatoms. The van der Waals surface area contributed by atoms with E-state index in [9.17, 15) is 9.59 Å². The Balaban J connectivity index is 1.83. The van der Waals surface area contributed by atoms with Gasteiger partial charge >= 0.3 is 5.97 Å². The molecular weight excluding hydrogens is 386 g/mol. The Morgan fingerprint density at radius 1 is 1.04 bits per heavy atom. The summed E-state index contributed by atoms with van der Waals surface area (Å²) < 4.78 is 11.1. The lowest BCUT2D eigenvalue weighted by Crippen LogP contribution is -2.25. The lowest BCUT2D eigenvalue weighted by atomic mass is 10.1. The van der Waals surface area contributed by atoms with Crippen molar-refractivity contribution in [1.82, 2.24) is 0 Å². The van der Waals surface area contributed by atoms with Gasteiger partial charge in [-0.25, -0.2) is 4.79 Å². The molecule has 0 radical (unpaired) electrons. The smallest absolute Gasteiger partial charge is 0.349 e. The Hall–Kier alpha value is -2.83. The molecule has 138 valence electrons. The molecule has 3 rings (SSSR count). The largest absolute Gasteiger partial charge is 0.497 e. The van der Waals surface area contributed by atoms with Crippen molar-refractivity contribution in [2.75, 3.05) is 12.4 Å². The molecule has 0 aliphatic heterocycles. The zero-order valence-electron chi connectivity index (χ0n) is 14.3. The monoisotopic (exact) mass is 401 g/mol. The van der Waals surface area contributed by atoms with Crippen LogP contribution in [0.2, 0.25) is 4.34 Å². The highest BCUT2D eigenvalue weighted by molar-refractivity contribution is 7.17. The average Bonchev–Trinajstić information content (AvgIpc) is 3.13. The van der Waals surface area contributed by atoms with Gasteiger partial charge in [0.1, 0.15) is 10.6 Å². The van der Waals surface area contributed by atoms with Crippen molar-refractivity contribution in [2.45, 2.75) is 6.10 Å². The highest BCUT2D eigenvalue weighted by Gasteiger charge is 2.26. The Bertz CT molecular complexity index is 942. The van der Waals surface area contributed by atoms with Gasteiger partial charge in [0.05, 0.1) is 11.4 Å². The number of nitrogens with one attached hydrogen (secondary N) is 1. The molecule has 0 bridgehead atoms. The molecule has 5 nitrogen and oxygen atoms in total. The number of amides is 1. The van der Waals surface area contributed by atoms with Crippen molar-refractivity contribution in [3.8, 4) is 5.75 Å². The van der Waals surface area contributed by atoms with Crippen LogP contribution in [0.5, 0.6) is 5.75 Å². The first-order chi connectivity index (χ1) is 13.1. The van der Waals surface area contributed by atoms with E-state index in [-0.39, 0.29) is 0 Å². The highest BCUT2D eigenvalue weighted by Crippen LogP contribution is 2.26. The highest BCUT2D eigenvalue weighted by atomic mass is 35.5. The topological polar surface area (TPSA) is 64.6 Å². The van der Waals surface area contributed by atoms with E-state index < -0.39 is 18.0 Å². The zero-order valence-corrected chi connectivity index (χ0v) is 15.9. The number of carbonyl (C=O) groups is 2. The maximum atomic E-state index is 12.8. The number of halogens is 1. The number of ether oxygens (including phenoxy) is 2. The predicted molar refractivity (Wildman–Crippen MR) is 106 cm³/mol. The first-order valence-corrected chi connectivity index (χ1v) is 9.22. The second kappa shape index (κ2) is 8.70. The Kier molecular flexibility index (Phi) is 6.11. The van der Waals surface area contributed by atoms with Crippen LogP contribution in [-0.2, 0) is 9.53 Å². The van der Waals surface area contributed by atoms with E-state index >= 15 is 0 Å². The average molecular weight is 402 g/mol. The number of methoxy groups -OCH3 is 1. The molecule has 0 aliphatic carbocycles. The fourth-order valence-corrected chi connectivity index (χ4v) is 3.32. The number of thiophene rings is 1. The molecule has 0 spiro atoms. The van der Waals surface area contributed by atoms with Gasteiger partial charge in [0, 0.05) is 17.3 Å². The van der Waals surface area contributed by atoms with E-state index in [1.54, 1.807) is 67.8 Å². The number of esters is 1. The number of carbonyl (C=O) groups excluding carboxylic acids is 2. The molecule has 0 saturated carbocycles. The number of hydrogen-bond acceptors (Lipinski definition) is 5. The summed E-state index contributed by atoms with van der Waals surface area (Å²) in [5.74, 6) is -0.471. The van der Waals surface area contributed by atoms with Crippen molar-refractivity contribution in [2.24, 2.45) is 0 Å². The third-order valence-corrected chi connectivity index (χ3v) is 4.89. The summed E-state index contributed by atoms with van der Waals surface area (Å²) in [5.41, 5.74) is 1.10. The van der Waals surface area contributed by atoms with Gasteiger partial charge in [0.25, 0.3) is 5.91 Å². The van der Waals surface area contributed by atoms with Crippen LogP contribution in [0, 0.1) is 0 Å². The fourth-order valence-electron chi connectivity index (χ4n) is 2.40. The Morgan fingerprint density at radius 2 is 1.81 bits per heavy atom. The number of benzene rings is 2. The van der Waals surface area contributed by atoms with E-state index in [1.807, 2.05) is 6.07 Å². The number of anilines is 1. The van der Waals surface area contributed by atoms with E-state index in [4.69, 9.17) is 21.1 Å². The molecule has 0 aliphatic rings. The lowest BCUT2D eigenvalue weighted by Gasteiger charge is -2.18.